The monoisotopic (exact) mass is 239 g/mol. The van der Waals surface area contributed by atoms with Gasteiger partial charge >= 0.3 is 0 Å². The lowest BCUT2D eigenvalue weighted by Crippen LogP contribution is -2.49. The lowest BCUT2D eigenvalue weighted by Gasteiger charge is -2.45. The van der Waals surface area contributed by atoms with Gasteiger partial charge in [0.05, 0.1) is 5.60 Å². The second-order valence-corrected chi connectivity index (χ2v) is 6.18. The summed E-state index contributed by atoms with van der Waals surface area (Å²) in [6.45, 7) is 7.85. The summed E-state index contributed by atoms with van der Waals surface area (Å²) in [6, 6.07) is 0. The van der Waals surface area contributed by atoms with Gasteiger partial charge < -0.3 is 10.0 Å². The molecule has 0 spiro atoms. The van der Waals surface area contributed by atoms with Gasteiger partial charge in [-0.15, -0.1) is 0 Å². The number of likely N-dealkylation sites (tertiary alicyclic amines) is 1. The summed E-state index contributed by atoms with van der Waals surface area (Å²) in [5.41, 5.74) is -0.334. The predicted octanol–water partition coefficient (Wildman–Crippen LogP) is 3.05. The van der Waals surface area contributed by atoms with Crippen LogP contribution in [0.25, 0.3) is 0 Å². The molecule has 2 atom stereocenters. The smallest absolute Gasteiger partial charge is 0.0700 e. The van der Waals surface area contributed by atoms with Crippen LogP contribution in [-0.2, 0) is 0 Å². The molecule has 0 aromatic rings. The fourth-order valence-electron chi connectivity index (χ4n) is 3.81. The average Bonchev–Trinajstić information content (AvgIpc) is 2.40. The van der Waals surface area contributed by atoms with Gasteiger partial charge in [-0.1, -0.05) is 33.1 Å². The van der Waals surface area contributed by atoms with Crippen LogP contribution >= 0.6 is 0 Å². The molecule has 2 unspecified atom stereocenters. The van der Waals surface area contributed by atoms with E-state index in [4.69, 9.17) is 0 Å². The van der Waals surface area contributed by atoms with E-state index in [9.17, 15) is 5.11 Å². The van der Waals surface area contributed by atoms with Crippen molar-refractivity contribution < 1.29 is 5.11 Å². The van der Waals surface area contributed by atoms with Crippen molar-refractivity contribution in [1.29, 1.82) is 0 Å². The number of piperidine rings is 1. The number of hydrogen-bond donors (Lipinski definition) is 1. The van der Waals surface area contributed by atoms with Gasteiger partial charge in [0, 0.05) is 13.1 Å². The van der Waals surface area contributed by atoms with Gasteiger partial charge in [-0.05, 0) is 44.1 Å². The predicted molar refractivity (Wildman–Crippen MR) is 72.0 cm³/mol. The van der Waals surface area contributed by atoms with Crippen molar-refractivity contribution in [3.8, 4) is 0 Å². The zero-order chi connectivity index (χ0) is 12.3. The summed E-state index contributed by atoms with van der Waals surface area (Å²) in [6.07, 6.45) is 8.57. The third kappa shape index (κ3) is 3.03. The Labute approximate surface area is 106 Å². The van der Waals surface area contributed by atoms with Crippen LogP contribution in [0.3, 0.4) is 0 Å². The van der Waals surface area contributed by atoms with Crippen LogP contribution < -0.4 is 0 Å². The van der Waals surface area contributed by atoms with Gasteiger partial charge in [0.1, 0.15) is 0 Å². The third-order valence-electron chi connectivity index (χ3n) is 5.29. The Kier molecular flexibility index (Phi) is 4.48. The van der Waals surface area contributed by atoms with Crippen molar-refractivity contribution in [3.63, 3.8) is 0 Å². The Morgan fingerprint density at radius 3 is 2.47 bits per heavy atom. The molecule has 0 amide bonds. The molecule has 1 heterocycles. The maximum Gasteiger partial charge on any atom is 0.0700 e. The first-order valence-corrected chi connectivity index (χ1v) is 7.62. The number of rotatable bonds is 3. The van der Waals surface area contributed by atoms with E-state index >= 15 is 0 Å². The van der Waals surface area contributed by atoms with Crippen LogP contribution in [-0.4, -0.2) is 35.2 Å². The molecule has 2 fully saturated rings. The van der Waals surface area contributed by atoms with Gasteiger partial charge in [-0.25, -0.2) is 0 Å². The molecule has 0 radical (unpaired) electrons. The highest BCUT2D eigenvalue weighted by Gasteiger charge is 2.41. The fraction of sp³-hybridized carbons (Fsp3) is 1.00. The Balaban J connectivity index is 1.92. The average molecular weight is 239 g/mol. The Morgan fingerprint density at radius 2 is 1.88 bits per heavy atom. The first-order chi connectivity index (χ1) is 8.18. The lowest BCUT2D eigenvalue weighted by atomic mass is 9.69. The maximum atomic E-state index is 10.9. The van der Waals surface area contributed by atoms with E-state index in [0.29, 0.717) is 5.92 Å². The molecule has 2 rings (SSSR count). The summed E-state index contributed by atoms with van der Waals surface area (Å²) in [4.78, 5) is 2.47. The van der Waals surface area contributed by atoms with Crippen molar-refractivity contribution in [2.75, 3.05) is 19.6 Å². The highest BCUT2D eigenvalue weighted by atomic mass is 16.3. The normalized spacial score (nSPS) is 34.8. The quantitative estimate of drug-likeness (QED) is 0.818. The van der Waals surface area contributed by atoms with E-state index in [1.807, 2.05) is 0 Å². The Morgan fingerprint density at radius 1 is 1.18 bits per heavy atom. The standard InChI is InChI=1S/C15H29NO/c1-3-13-6-5-7-14(12-13)15(17)8-10-16(4-2)11-9-15/h13-14,17H,3-12H2,1-2H3. The van der Waals surface area contributed by atoms with E-state index in [-0.39, 0.29) is 5.60 Å². The summed E-state index contributed by atoms with van der Waals surface area (Å²) >= 11 is 0. The molecule has 1 N–H and O–H groups in total. The second-order valence-electron chi connectivity index (χ2n) is 6.18. The minimum Gasteiger partial charge on any atom is -0.390 e. The molecule has 1 aliphatic carbocycles. The number of aliphatic hydroxyl groups is 1. The molecular weight excluding hydrogens is 210 g/mol. The number of hydrogen-bond acceptors (Lipinski definition) is 2. The van der Waals surface area contributed by atoms with Gasteiger partial charge in [0.15, 0.2) is 0 Å². The maximum absolute atomic E-state index is 10.9. The summed E-state index contributed by atoms with van der Waals surface area (Å²) in [7, 11) is 0. The Bertz CT molecular complexity index is 233. The van der Waals surface area contributed by atoms with Crippen molar-refractivity contribution in [2.45, 2.75) is 64.4 Å². The summed E-state index contributed by atoms with van der Waals surface area (Å²) < 4.78 is 0. The first kappa shape index (κ1) is 13.4. The van der Waals surface area contributed by atoms with Crippen LogP contribution in [0.5, 0.6) is 0 Å². The zero-order valence-corrected chi connectivity index (χ0v) is 11.6. The molecule has 1 aliphatic heterocycles. The number of nitrogens with zero attached hydrogens (tertiary/aromatic N) is 1. The summed E-state index contributed by atoms with van der Waals surface area (Å²) in [5.74, 6) is 1.46. The molecule has 0 bridgehead atoms. The molecule has 0 aromatic heterocycles. The SMILES string of the molecule is CCC1CCCC(C2(O)CCN(CC)CC2)C1. The molecule has 17 heavy (non-hydrogen) atoms. The van der Waals surface area contributed by atoms with Gasteiger partial charge in [-0.2, -0.15) is 0 Å². The first-order valence-electron chi connectivity index (χ1n) is 7.62. The van der Waals surface area contributed by atoms with E-state index in [2.05, 4.69) is 18.7 Å². The van der Waals surface area contributed by atoms with Crippen LogP contribution in [0.2, 0.25) is 0 Å². The highest BCUT2D eigenvalue weighted by Crippen LogP contribution is 2.41. The van der Waals surface area contributed by atoms with E-state index < -0.39 is 0 Å². The fourth-order valence-corrected chi connectivity index (χ4v) is 3.81. The summed E-state index contributed by atoms with van der Waals surface area (Å²) in [5, 5.41) is 10.9. The van der Waals surface area contributed by atoms with Crippen molar-refractivity contribution in [2.24, 2.45) is 11.8 Å². The van der Waals surface area contributed by atoms with Crippen molar-refractivity contribution >= 4 is 0 Å². The van der Waals surface area contributed by atoms with Crippen LogP contribution in [0.1, 0.15) is 58.8 Å². The topological polar surface area (TPSA) is 23.5 Å². The molecular formula is C15H29NO. The highest BCUT2D eigenvalue weighted by molar-refractivity contribution is 4.93. The molecule has 2 aliphatic rings. The third-order valence-corrected chi connectivity index (χ3v) is 5.29. The van der Waals surface area contributed by atoms with Crippen LogP contribution in [0, 0.1) is 11.8 Å². The molecule has 1 saturated carbocycles. The largest absolute Gasteiger partial charge is 0.390 e. The molecule has 2 heteroatoms. The van der Waals surface area contributed by atoms with Gasteiger partial charge in [-0.3, -0.25) is 0 Å². The van der Waals surface area contributed by atoms with E-state index in [1.54, 1.807) is 0 Å². The Hall–Kier alpha value is -0.0800. The molecule has 1 saturated heterocycles. The van der Waals surface area contributed by atoms with Crippen molar-refractivity contribution in [3.05, 3.63) is 0 Å². The molecule has 2 nitrogen and oxygen atoms in total. The minimum atomic E-state index is -0.334. The molecule has 100 valence electrons. The van der Waals surface area contributed by atoms with E-state index in [0.717, 1.165) is 38.4 Å². The molecule has 0 aromatic carbocycles. The van der Waals surface area contributed by atoms with Crippen LogP contribution in [0.4, 0.5) is 0 Å². The van der Waals surface area contributed by atoms with Crippen LogP contribution in [0.15, 0.2) is 0 Å². The second kappa shape index (κ2) is 5.71. The van der Waals surface area contributed by atoms with Gasteiger partial charge in [0.2, 0.25) is 0 Å². The lowest BCUT2D eigenvalue weighted by molar-refractivity contribution is -0.0827. The minimum absolute atomic E-state index is 0.334. The van der Waals surface area contributed by atoms with Crippen molar-refractivity contribution in [1.82, 2.24) is 4.90 Å². The van der Waals surface area contributed by atoms with E-state index in [1.165, 1.54) is 32.1 Å². The van der Waals surface area contributed by atoms with Gasteiger partial charge in [0.25, 0.3) is 0 Å². The zero-order valence-electron chi connectivity index (χ0n) is 11.6.